The maximum atomic E-state index is 12.0. The number of nitro groups is 1. The van der Waals surface area contributed by atoms with Crippen LogP contribution in [0.15, 0.2) is 28.9 Å². The summed E-state index contributed by atoms with van der Waals surface area (Å²) in [7, 11) is 0. The summed E-state index contributed by atoms with van der Waals surface area (Å²) in [6.45, 7) is 4.02. The number of carbonyl (C=O) groups excluding carboxylic acids is 1. The lowest BCUT2D eigenvalue weighted by Gasteiger charge is -2.07. The number of carbonyl (C=O) groups is 1. The summed E-state index contributed by atoms with van der Waals surface area (Å²) in [6.07, 6.45) is 1.97. The van der Waals surface area contributed by atoms with Crippen LogP contribution in [0.5, 0.6) is 0 Å². The number of halogens is 1. The van der Waals surface area contributed by atoms with E-state index in [1.165, 1.54) is 6.07 Å². The molecule has 0 atom stereocenters. The highest BCUT2D eigenvalue weighted by Crippen LogP contribution is 2.25. The standard InChI is InChI=1S/C14H15BrN4O3/c1-9-3-4-12(13(7-9)19(21)22)16-14(20)5-6-18-8-11(15)10(2)17-18/h3-4,7-8H,5-6H2,1-2H3,(H,16,20). The molecule has 8 heteroatoms. The second-order valence-electron chi connectivity index (χ2n) is 4.90. The molecule has 0 unspecified atom stereocenters. The Morgan fingerprint density at radius 1 is 1.45 bits per heavy atom. The Morgan fingerprint density at radius 2 is 2.18 bits per heavy atom. The number of hydrogen-bond acceptors (Lipinski definition) is 4. The molecule has 2 aromatic rings. The minimum atomic E-state index is -0.503. The van der Waals surface area contributed by atoms with E-state index in [1.54, 1.807) is 29.9 Å². The van der Waals surface area contributed by atoms with E-state index in [1.807, 2.05) is 6.92 Å². The zero-order valence-electron chi connectivity index (χ0n) is 12.2. The van der Waals surface area contributed by atoms with Crippen LogP contribution in [-0.2, 0) is 11.3 Å². The highest BCUT2D eigenvalue weighted by Gasteiger charge is 2.16. The number of amides is 1. The molecule has 22 heavy (non-hydrogen) atoms. The first-order chi connectivity index (χ1) is 10.4. The van der Waals surface area contributed by atoms with E-state index in [-0.39, 0.29) is 23.7 Å². The van der Waals surface area contributed by atoms with Crippen LogP contribution < -0.4 is 5.32 Å². The SMILES string of the molecule is Cc1ccc(NC(=O)CCn2cc(Br)c(C)n2)c([N+](=O)[O-])c1. The zero-order valence-corrected chi connectivity index (χ0v) is 13.8. The Kier molecular flexibility index (Phi) is 4.92. The normalized spacial score (nSPS) is 10.5. The summed E-state index contributed by atoms with van der Waals surface area (Å²) >= 11 is 3.35. The Bertz CT molecular complexity index is 707. The van der Waals surface area contributed by atoms with Crippen LogP contribution in [0.25, 0.3) is 0 Å². The Hall–Kier alpha value is -2.22. The summed E-state index contributed by atoms with van der Waals surface area (Å²) in [6, 6.07) is 4.69. The van der Waals surface area contributed by atoms with E-state index in [0.29, 0.717) is 6.54 Å². The lowest BCUT2D eigenvalue weighted by molar-refractivity contribution is -0.384. The van der Waals surface area contributed by atoms with Crippen LogP contribution in [0.1, 0.15) is 17.7 Å². The number of anilines is 1. The van der Waals surface area contributed by atoms with Gasteiger partial charge in [-0.15, -0.1) is 0 Å². The number of benzene rings is 1. The first-order valence-corrected chi connectivity index (χ1v) is 7.40. The second kappa shape index (κ2) is 6.69. The molecule has 0 spiro atoms. The van der Waals surface area contributed by atoms with Crippen molar-refractivity contribution in [2.24, 2.45) is 0 Å². The number of nitro benzene ring substituents is 1. The van der Waals surface area contributed by atoms with Gasteiger partial charge in [-0.2, -0.15) is 5.10 Å². The predicted molar refractivity (Wildman–Crippen MR) is 85.7 cm³/mol. The third-order valence-corrected chi connectivity index (χ3v) is 3.86. The van der Waals surface area contributed by atoms with Crippen molar-refractivity contribution >= 4 is 33.2 Å². The molecule has 1 N–H and O–H groups in total. The Balaban J connectivity index is 2.01. The van der Waals surface area contributed by atoms with Crippen molar-refractivity contribution < 1.29 is 9.72 Å². The molecule has 0 aliphatic carbocycles. The van der Waals surface area contributed by atoms with Crippen LogP contribution >= 0.6 is 15.9 Å². The number of aromatic nitrogens is 2. The van der Waals surface area contributed by atoms with Crippen LogP contribution in [0.2, 0.25) is 0 Å². The average molecular weight is 367 g/mol. The first kappa shape index (κ1) is 16.2. The number of rotatable bonds is 5. The summed E-state index contributed by atoms with van der Waals surface area (Å²) in [5.74, 6) is -0.295. The van der Waals surface area contributed by atoms with Gasteiger partial charge in [0.1, 0.15) is 5.69 Å². The van der Waals surface area contributed by atoms with Crippen molar-refractivity contribution in [3.8, 4) is 0 Å². The Labute approximate surface area is 135 Å². The van der Waals surface area contributed by atoms with Gasteiger partial charge in [0.05, 0.1) is 15.1 Å². The second-order valence-corrected chi connectivity index (χ2v) is 5.76. The molecule has 1 amide bonds. The van der Waals surface area contributed by atoms with E-state index >= 15 is 0 Å². The number of nitrogens with zero attached hydrogens (tertiary/aromatic N) is 3. The van der Waals surface area contributed by atoms with Gasteiger partial charge in [0.15, 0.2) is 0 Å². The van der Waals surface area contributed by atoms with E-state index in [4.69, 9.17) is 0 Å². The lowest BCUT2D eigenvalue weighted by Crippen LogP contribution is -2.15. The Morgan fingerprint density at radius 3 is 2.77 bits per heavy atom. The lowest BCUT2D eigenvalue weighted by atomic mass is 10.2. The first-order valence-electron chi connectivity index (χ1n) is 6.61. The van der Waals surface area contributed by atoms with Crippen molar-refractivity contribution in [2.75, 3.05) is 5.32 Å². The van der Waals surface area contributed by atoms with Gasteiger partial charge in [-0.25, -0.2) is 0 Å². The number of hydrogen-bond donors (Lipinski definition) is 1. The molecule has 0 saturated heterocycles. The minimum absolute atomic E-state index is 0.106. The molecule has 7 nitrogen and oxygen atoms in total. The topological polar surface area (TPSA) is 90.1 Å². The van der Waals surface area contributed by atoms with Gasteiger partial charge < -0.3 is 5.32 Å². The molecular weight excluding hydrogens is 352 g/mol. The molecule has 116 valence electrons. The van der Waals surface area contributed by atoms with Gasteiger partial charge in [-0.1, -0.05) is 6.07 Å². The van der Waals surface area contributed by atoms with Gasteiger partial charge >= 0.3 is 0 Å². The van der Waals surface area contributed by atoms with Crippen LogP contribution in [-0.4, -0.2) is 20.6 Å². The van der Waals surface area contributed by atoms with Gasteiger partial charge in [-0.3, -0.25) is 19.6 Å². The van der Waals surface area contributed by atoms with Crippen LogP contribution in [0.3, 0.4) is 0 Å². The molecule has 1 aromatic heterocycles. The molecular formula is C14H15BrN4O3. The average Bonchev–Trinajstić information content (AvgIpc) is 2.77. The number of nitrogens with one attached hydrogen (secondary N) is 1. The summed E-state index contributed by atoms with van der Waals surface area (Å²) in [5.41, 5.74) is 1.71. The van der Waals surface area contributed by atoms with Gasteiger partial charge in [-0.05, 0) is 41.4 Å². The predicted octanol–water partition coefficient (Wildman–Crippen LogP) is 3.20. The van der Waals surface area contributed by atoms with Crippen LogP contribution in [0, 0.1) is 24.0 Å². The third kappa shape index (κ3) is 3.91. The van der Waals surface area contributed by atoms with E-state index in [9.17, 15) is 14.9 Å². The summed E-state index contributed by atoms with van der Waals surface area (Å²) in [5, 5.41) is 17.8. The number of aryl methyl sites for hydroxylation is 3. The fraction of sp³-hybridized carbons (Fsp3) is 0.286. The van der Waals surface area contributed by atoms with Crippen molar-refractivity contribution in [3.63, 3.8) is 0 Å². The maximum Gasteiger partial charge on any atom is 0.293 e. The molecule has 0 saturated carbocycles. The van der Waals surface area contributed by atoms with Crippen molar-refractivity contribution in [2.45, 2.75) is 26.8 Å². The smallest absolute Gasteiger partial charge is 0.293 e. The van der Waals surface area contributed by atoms with Crippen molar-refractivity contribution in [1.82, 2.24) is 9.78 Å². The fourth-order valence-electron chi connectivity index (χ4n) is 1.94. The van der Waals surface area contributed by atoms with Gasteiger partial charge in [0.25, 0.3) is 5.69 Å². The maximum absolute atomic E-state index is 12.0. The van der Waals surface area contributed by atoms with Gasteiger partial charge in [0, 0.05) is 25.2 Å². The molecule has 2 rings (SSSR count). The fourth-order valence-corrected chi connectivity index (χ4v) is 2.25. The molecule has 1 heterocycles. The molecule has 1 aromatic carbocycles. The molecule has 0 aliphatic heterocycles. The van der Waals surface area contributed by atoms with Gasteiger partial charge in [0.2, 0.25) is 5.91 Å². The van der Waals surface area contributed by atoms with Crippen molar-refractivity contribution in [3.05, 3.63) is 50.2 Å². The highest BCUT2D eigenvalue weighted by atomic mass is 79.9. The highest BCUT2D eigenvalue weighted by molar-refractivity contribution is 9.10. The quantitative estimate of drug-likeness (QED) is 0.649. The third-order valence-electron chi connectivity index (χ3n) is 3.08. The monoisotopic (exact) mass is 366 g/mol. The molecule has 0 radical (unpaired) electrons. The van der Waals surface area contributed by atoms with Crippen LogP contribution in [0.4, 0.5) is 11.4 Å². The molecule has 0 bridgehead atoms. The summed E-state index contributed by atoms with van der Waals surface area (Å²) in [4.78, 5) is 22.5. The molecule has 0 fully saturated rings. The van der Waals surface area contributed by atoms with Crippen molar-refractivity contribution in [1.29, 1.82) is 0 Å². The summed E-state index contributed by atoms with van der Waals surface area (Å²) < 4.78 is 2.53. The minimum Gasteiger partial charge on any atom is -0.320 e. The molecule has 0 aliphatic rings. The zero-order chi connectivity index (χ0) is 16.3. The largest absolute Gasteiger partial charge is 0.320 e. The van der Waals surface area contributed by atoms with E-state index in [0.717, 1.165) is 15.7 Å². The van der Waals surface area contributed by atoms with E-state index in [2.05, 4.69) is 26.3 Å². The van der Waals surface area contributed by atoms with E-state index < -0.39 is 4.92 Å².